The van der Waals surface area contributed by atoms with E-state index in [-0.39, 0.29) is 5.97 Å². The molecule has 2 fully saturated rings. The van der Waals surface area contributed by atoms with Crippen LogP contribution in [0.1, 0.15) is 51.9 Å². The van der Waals surface area contributed by atoms with Crippen LogP contribution in [0.3, 0.4) is 0 Å². The number of rotatable bonds is 11. The zero-order valence-corrected chi connectivity index (χ0v) is 15.7. The summed E-state index contributed by atoms with van der Waals surface area (Å²) < 4.78 is 24.7. The second-order valence-electron chi connectivity index (χ2n) is 6.88. The predicted octanol–water partition coefficient (Wildman–Crippen LogP) is 3.14. The van der Waals surface area contributed by atoms with Gasteiger partial charge in [0.25, 0.3) is 0 Å². The van der Waals surface area contributed by atoms with Gasteiger partial charge >= 0.3 is 5.97 Å². The third kappa shape index (κ3) is 5.67. The number of methoxy groups -OCH3 is 1. The molecule has 0 spiro atoms. The van der Waals surface area contributed by atoms with E-state index >= 15 is 0 Å². The van der Waals surface area contributed by atoms with Crippen molar-refractivity contribution in [2.24, 2.45) is 23.7 Å². The van der Waals surface area contributed by atoms with Crippen LogP contribution in [0.2, 0.25) is 0 Å². The normalized spacial score (nSPS) is 30.1. The molecular weight excluding hydrogens is 326 g/mol. The molecule has 0 aliphatic heterocycles. The van der Waals surface area contributed by atoms with Gasteiger partial charge in [-0.1, -0.05) is 19.1 Å². The van der Waals surface area contributed by atoms with Crippen molar-refractivity contribution in [2.75, 3.05) is 20.3 Å². The van der Waals surface area contributed by atoms with Crippen molar-refractivity contribution < 1.29 is 17.9 Å². The quantitative estimate of drug-likeness (QED) is 0.350. The highest BCUT2D eigenvalue weighted by Gasteiger charge is 2.45. The second kappa shape index (κ2) is 10.3. The van der Waals surface area contributed by atoms with Crippen molar-refractivity contribution in [1.82, 2.24) is 4.72 Å². The number of hydrogen-bond donors (Lipinski definition) is 1. The van der Waals surface area contributed by atoms with Crippen molar-refractivity contribution >= 4 is 17.2 Å². The molecule has 6 heteroatoms. The van der Waals surface area contributed by atoms with E-state index in [1.807, 2.05) is 6.92 Å². The molecular formula is C18H31NO4S. The highest BCUT2D eigenvalue weighted by molar-refractivity contribution is 7.78. The van der Waals surface area contributed by atoms with E-state index in [0.717, 1.165) is 37.6 Å². The molecule has 0 aromatic carbocycles. The summed E-state index contributed by atoms with van der Waals surface area (Å²) in [5, 5.41) is 0. The van der Waals surface area contributed by atoms with E-state index in [2.05, 4.69) is 21.6 Å². The number of ether oxygens (including phenoxy) is 1. The van der Waals surface area contributed by atoms with Gasteiger partial charge in [-0.05, 0) is 62.2 Å². The van der Waals surface area contributed by atoms with Crippen LogP contribution in [0, 0.1) is 23.7 Å². The van der Waals surface area contributed by atoms with Gasteiger partial charge in [-0.25, -0.2) is 8.93 Å². The standard InChI is InChI=1S/C18H31NO4S/c1-3-11-23-24(21)19-13-17-15-10-9-14(12-15)16(17)7-5-4-6-8-18(20)22-2/h5,7,14-17,19H,3-4,6,8-13H2,1-2H3/b7-5+. The summed E-state index contributed by atoms with van der Waals surface area (Å²) in [6.45, 7) is 3.29. The van der Waals surface area contributed by atoms with Crippen LogP contribution in [-0.4, -0.2) is 30.4 Å². The maximum Gasteiger partial charge on any atom is 0.305 e. The first-order chi connectivity index (χ1) is 11.7. The maximum atomic E-state index is 11.8. The van der Waals surface area contributed by atoms with Gasteiger partial charge in [0.1, 0.15) is 0 Å². The molecule has 0 saturated heterocycles. The number of nitrogens with one attached hydrogen (secondary N) is 1. The SMILES string of the molecule is CCCOS(=O)NCC1C2CCC(C2)C1/C=C/CCCC(=O)OC. The molecule has 2 bridgehead atoms. The first kappa shape index (κ1) is 19.6. The van der Waals surface area contributed by atoms with Gasteiger partial charge in [0.15, 0.2) is 0 Å². The summed E-state index contributed by atoms with van der Waals surface area (Å²) in [5.74, 6) is 2.49. The Labute approximate surface area is 148 Å². The van der Waals surface area contributed by atoms with Crippen LogP contribution < -0.4 is 4.72 Å². The first-order valence-electron chi connectivity index (χ1n) is 9.17. The van der Waals surface area contributed by atoms with Gasteiger partial charge in [0, 0.05) is 13.0 Å². The topological polar surface area (TPSA) is 64.6 Å². The molecule has 5 atom stereocenters. The number of allylic oxidation sites excluding steroid dienone is 2. The van der Waals surface area contributed by atoms with Crippen LogP contribution in [0.4, 0.5) is 0 Å². The molecule has 2 rings (SSSR count). The maximum absolute atomic E-state index is 11.8. The van der Waals surface area contributed by atoms with E-state index in [1.54, 1.807) is 0 Å². The van der Waals surface area contributed by atoms with Crippen molar-refractivity contribution in [2.45, 2.75) is 51.9 Å². The summed E-state index contributed by atoms with van der Waals surface area (Å²) >= 11 is -1.37. The smallest absolute Gasteiger partial charge is 0.305 e. The minimum atomic E-state index is -1.37. The third-order valence-corrected chi connectivity index (χ3v) is 6.11. The lowest BCUT2D eigenvalue weighted by Gasteiger charge is -2.29. The molecule has 0 amide bonds. The Bertz CT molecular complexity index is 454. The Morgan fingerprint density at radius 2 is 2.12 bits per heavy atom. The summed E-state index contributed by atoms with van der Waals surface area (Å²) in [7, 11) is 1.43. The zero-order valence-electron chi connectivity index (χ0n) is 14.9. The van der Waals surface area contributed by atoms with Crippen LogP contribution >= 0.6 is 0 Å². The average molecular weight is 358 g/mol. The Balaban J connectivity index is 1.76. The molecule has 24 heavy (non-hydrogen) atoms. The summed E-state index contributed by atoms with van der Waals surface area (Å²) in [4.78, 5) is 11.1. The van der Waals surface area contributed by atoms with Crippen LogP contribution in [0.15, 0.2) is 12.2 Å². The number of hydrogen-bond acceptors (Lipinski definition) is 4. The lowest BCUT2D eigenvalue weighted by molar-refractivity contribution is -0.140. The van der Waals surface area contributed by atoms with Crippen LogP contribution in [0.25, 0.3) is 0 Å². The molecule has 5 nitrogen and oxygen atoms in total. The Morgan fingerprint density at radius 3 is 2.88 bits per heavy atom. The molecule has 138 valence electrons. The number of carbonyl (C=O) groups excluding carboxylic acids is 1. The summed E-state index contributed by atoms with van der Waals surface area (Å²) in [6, 6.07) is 0. The van der Waals surface area contributed by atoms with Gasteiger partial charge in [-0.15, -0.1) is 0 Å². The third-order valence-electron chi connectivity index (χ3n) is 5.33. The minimum absolute atomic E-state index is 0.139. The summed E-state index contributed by atoms with van der Waals surface area (Å²) in [6.07, 6.45) is 11.6. The molecule has 0 heterocycles. The van der Waals surface area contributed by atoms with Crippen LogP contribution in [-0.2, 0) is 25.0 Å². The predicted molar refractivity (Wildman–Crippen MR) is 95.2 cm³/mol. The molecule has 5 unspecified atom stereocenters. The van der Waals surface area contributed by atoms with Gasteiger partial charge in [-0.3, -0.25) is 8.98 Å². The highest BCUT2D eigenvalue weighted by Crippen LogP contribution is 2.52. The molecule has 2 aliphatic carbocycles. The summed E-state index contributed by atoms with van der Waals surface area (Å²) in [5.41, 5.74) is 0. The lowest BCUT2D eigenvalue weighted by Crippen LogP contribution is -2.33. The number of esters is 1. The minimum Gasteiger partial charge on any atom is -0.469 e. The van der Waals surface area contributed by atoms with Crippen molar-refractivity contribution in [1.29, 1.82) is 0 Å². The molecule has 0 aromatic rings. The number of fused-ring (bicyclic) bond motifs is 2. The van der Waals surface area contributed by atoms with Crippen LogP contribution in [0.5, 0.6) is 0 Å². The first-order valence-corrected chi connectivity index (χ1v) is 10.2. The second-order valence-corrected chi connectivity index (χ2v) is 7.87. The molecule has 0 aromatic heterocycles. The molecule has 2 saturated carbocycles. The number of unbranched alkanes of at least 4 members (excludes halogenated alkanes) is 1. The Morgan fingerprint density at radius 1 is 1.33 bits per heavy atom. The monoisotopic (exact) mass is 357 g/mol. The fraction of sp³-hybridized carbons (Fsp3) is 0.833. The van der Waals surface area contributed by atoms with Gasteiger partial charge in [0.05, 0.1) is 13.7 Å². The van der Waals surface area contributed by atoms with E-state index in [0.29, 0.717) is 24.9 Å². The van der Waals surface area contributed by atoms with E-state index < -0.39 is 11.3 Å². The average Bonchev–Trinajstić information content (AvgIpc) is 3.19. The van der Waals surface area contributed by atoms with Crippen molar-refractivity contribution in [3.8, 4) is 0 Å². The van der Waals surface area contributed by atoms with Crippen molar-refractivity contribution in [3.63, 3.8) is 0 Å². The zero-order chi connectivity index (χ0) is 17.4. The van der Waals surface area contributed by atoms with Gasteiger partial charge < -0.3 is 4.74 Å². The van der Waals surface area contributed by atoms with Gasteiger partial charge in [-0.2, -0.15) is 0 Å². The number of carbonyl (C=O) groups is 1. The van der Waals surface area contributed by atoms with E-state index in [4.69, 9.17) is 4.18 Å². The van der Waals surface area contributed by atoms with E-state index in [1.165, 1.54) is 26.4 Å². The molecule has 2 aliphatic rings. The molecule has 0 radical (unpaired) electrons. The largest absolute Gasteiger partial charge is 0.469 e. The Hall–Kier alpha value is -0.720. The molecule has 1 N–H and O–H groups in total. The fourth-order valence-electron chi connectivity index (χ4n) is 4.14. The lowest BCUT2D eigenvalue weighted by atomic mass is 9.79. The highest BCUT2D eigenvalue weighted by atomic mass is 32.2. The fourth-order valence-corrected chi connectivity index (χ4v) is 4.87. The Kier molecular flexibility index (Phi) is 8.42. The van der Waals surface area contributed by atoms with E-state index in [9.17, 15) is 9.00 Å². The van der Waals surface area contributed by atoms with Gasteiger partial charge in [0.2, 0.25) is 11.3 Å². The van der Waals surface area contributed by atoms with Crippen molar-refractivity contribution in [3.05, 3.63) is 12.2 Å².